The van der Waals surface area contributed by atoms with Crippen molar-refractivity contribution in [2.45, 2.75) is 12.8 Å². The molecule has 0 saturated heterocycles. The average molecular weight is 227 g/mol. The van der Waals surface area contributed by atoms with Crippen LogP contribution in [0.2, 0.25) is 0 Å². The highest BCUT2D eigenvalue weighted by atomic mass is 19.1. The van der Waals surface area contributed by atoms with Gasteiger partial charge in [-0.25, -0.2) is 4.39 Å². The van der Waals surface area contributed by atoms with E-state index in [-0.39, 0.29) is 5.82 Å². The lowest BCUT2D eigenvalue weighted by Gasteiger charge is -2.06. The molecule has 0 aliphatic rings. The minimum Gasteiger partial charge on any atom is -0.494 e. The molecular formula is C12H18FNO2. The molecule has 0 atom stereocenters. The Morgan fingerprint density at radius 3 is 2.38 bits per heavy atom. The zero-order valence-electron chi connectivity index (χ0n) is 9.32. The first-order valence-electron chi connectivity index (χ1n) is 5.49. The molecular weight excluding hydrogens is 209 g/mol. The summed E-state index contributed by atoms with van der Waals surface area (Å²) in [6, 6.07) is 6.00. The summed E-state index contributed by atoms with van der Waals surface area (Å²) >= 11 is 0. The van der Waals surface area contributed by atoms with Gasteiger partial charge in [-0.2, -0.15) is 0 Å². The lowest BCUT2D eigenvalue weighted by Crippen LogP contribution is -2.07. The van der Waals surface area contributed by atoms with Gasteiger partial charge in [-0.1, -0.05) is 0 Å². The van der Waals surface area contributed by atoms with Crippen LogP contribution in [0.15, 0.2) is 24.3 Å². The number of benzene rings is 1. The van der Waals surface area contributed by atoms with Crippen LogP contribution in [-0.2, 0) is 4.74 Å². The SMILES string of the molecule is NCCCOCCCOc1ccc(F)cc1. The van der Waals surface area contributed by atoms with Crippen molar-refractivity contribution in [2.75, 3.05) is 26.4 Å². The average Bonchev–Trinajstić information content (AvgIpc) is 2.30. The van der Waals surface area contributed by atoms with E-state index in [1.54, 1.807) is 12.1 Å². The van der Waals surface area contributed by atoms with Gasteiger partial charge in [0.15, 0.2) is 0 Å². The van der Waals surface area contributed by atoms with Gasteiger partial charge in [-0.3, -0.25) is 0 Å². The zero-order chi connectivity index (χ0) is 11.6. The summed E-state index contributed by atoms with van der Waals surface area (Å²) in [5.41, 5.74) is 5.32. The maximum Gasteiger partial charge on any atom is 0.123 e. The second-order valence-corrected chi connectivity index (χ2v) is 3.41. The molecule has 90 valence electrons. The van der Waals surface area contributed by atoms with Gasteiger partial charge in [0.2, 0.25) is 0 Å². The van der Waals surface area contributed by atoms with Crippen LogP contribution in [-0.4, -0.2) is 26.4 Å². The van der Waals surface area contributed by atoms with Crippen molar-refractivity contribution >= 4 is 0 Å². The first-order chi connectivity index (χ1) is 7.83. The molecule has 0 aliphatic heterocycles. The van der Waals surface area contributed by atoms with Crippen molar-refractivity contribution < 1.29 is 13.9 Å². The highest BCUT2D eigenvalue weighted by Gasteiger charge is 1.94. The molecule has 1 aromatic rings. The highest BCUT2D eigenvalue weighted by Crippen LogP contribution is 2.10. The number of hydrogen-bond donors (Lipinski definition) is 1. The Balaban J connectivity index is 2.01. The highest BCUT2D eigenvalue weighted by molar-refractivity contribution is 5.21. The molecule has 0 spiro atoms. The molecule has 0 bridgehead atoms. The Bertz CT molecular complexity index is 277. The molecule has 0 aromatic heterocycles. The number of nitrogens with two attached hydrogens (primary N) is 1. The number of ether oxygens (including phenoxy) is 2. The van der Waals surface area contributed by atoms with Crippen LogP contribution in [0.3, 0.4) is 0 Å². The second kappa shape index (κ2) is 8.07. The third-order valence-corrected chi connectivity index (χ3v) is 2.01. The molecule has 0 unspecified atom stereocenters. The number of halogens is 1. The molecule has 0 aliphatic carbocycles. The van der Waals surface area contributed by atoms with Gasteiger partial charge < -0.3 is 15.2 Å². The van der Waals surface area contributed by atoms with E-state index < -0.39 is 0 Å². The van der Waals surface area contributed by atoms with Crippen molar-refractivity contribution in [3.8, 4) is 5.75 Å². The van der Waals surface area contributed by atoms with Gasteiger partial charge in [-0.15, -0.1) is 0 Å². The molecule has 1 rings (SSSR count). The van der Waals surface area contributed by atoms with Gasteiger partial charge in [0, 0.05) is 19.6 Å². The van der Waals surface area contributed by atoms with E-state index in [1.165, 1.54) is 12.1 Å². The summed E-state index contributed by atoms with van der Waals surface area (Å²) in [7, 11) is 0. The van der Waals surface area contributed by atoms with E-state index in [9.17, 15) is 4.39 Å². The van der Waals surface area contributed by atoms with Gasteiger partial charge in [0.25, 0.3) is 0 Å². The predicted molar refractivity (Wildman–Crippen MR) is 61.0 cm³/mol. The Hall–Kier alpha value is -1.13. The van der Waals surface area contributed by atoms with E-state index in [0.29, 0.717) is 32.1 Å². The first-order valence-corrected chi connectivity index (χ1v) is 5.49. The quantitative estimate of drug-likeness (QED) is 0.690. The molecule has 0 fully saturated rings. The molecule has 16 heavy (non-hydrogen) atoms. The molecule has 0 radical (unpaired) electrons. The summed E-state index contributed by atoms with van der Waals surface area (Å²) in [5.74, 6) is 0.431. The summed E-state index contributed by atoms with van der Waals surface area (Å²) < 4.78 is 23.3. The largest absolute Gasteiger partial charge is 0.494 e. The summed E-state index contributed by atoms with van der Waals surface area (Å²) in [4.78, 5) is 0. The fourth-order valence-corrected chi connectivity index (χ4v) is 1.17. The topological polar surface area (TPSA) is 44.5 Å². The third-order valence-electron chi connectivity index (χ3n) is 2.01. The number of rotatable bonds is 8. The van der Waals surface area contributed by atoms with Crippen molar-refractivity contribution in [3.05, 3.63) is 30.1 Å². The monoisotopic (exact) mass is 227 g/mol. The molecule has 0 saturated carbocycles. The lowest BCUT2D eigenvalue weighted by molar-refractivity contribution is 0.118. The van der Waals surface area contributed by atoms with E-state index in [4.69, 9.17) is 15.2 Å². The summed E-state index contributed by atoms with van der Waals surface area (Å²) in [6.45, 7) is 2.61. The van der Waals surface area contributed by atoms with Crippen molar-refractivity contribution in [1.29, 1.82) is 0 Å². The molecule has 4 heteroatoms. The Kier molecular flexibility index (Phi) is 6.53. The minimum absolute atomic E-state index is 0.252. The fourth-order valence-electron chi connectivity index (χ4n) is 1.17. The predicted octanol–water partition coefficient (Wildman–Crippen LogP) is 1.96. The van der Waals surface area contributed by atoms with E-state index in [1.807, 2.05) is 0 Å². The third kappa shape index (κ3) is 5.68. The van der Waals surface area contributed by atoms with Crippen LogP contribution in [0.4, 0.5) is 4.39 Å². The molecule has 0 heterocycles. The van der Waals surface area contributed by atoms with Crippen LogP contribution in [0.25, 0.3) is 0 Å². The maximum atomic E-state index is 12.6. The van der Waals surface area contributed by atoms with Crippen LogP contribution in [0, 0.1) is 5.82 Å². The Labute approximate surface area is 95.4 Å². The Morgan fingerprint density at radius 2 is 1.69 bits per heavy atom. The van der Waals surface area contributed by atoms with E-state index >= 15 is 0 Å². The van der Waals surface area contributed by atoms with Crippen LogP contribution >= 0.6 is 0 Å². The summed E-state index contributed by atoms with van der Waals surface area (Å²) in [6.07, 6.45) is 1.71. The normalized spacial score (nSPS) is 10.4. The van der Waals surface area contributed by atoms with Crippen LogP contribution in [0.5, 0.6) is 5.75 Å². The van der Waals surface area contributed by atoms with Crippen molar-refractivity contribution in [2.24, 2.45) is 5.73 Å². The zero-order valence-corrected chi connectivity index (χ0v) is 9.32. The smallest absolute Gasteiger partial charge is 0.123 e. The molecule has 2 N–H and O–H groups in total. The molecule has 3 nitrogen and oxygen atoms in total. The van der Waals surface area contributed by atoms with Gasteiger partial charge in [-0.05, 0) is 37.2 Å². The van der Waals surface area contributed by atoms with Gasteiger partial charge >= 0.3 is 0 Å². The van der Waals surface area contributed by atoms with Gasteiger partial charge in [0.1, 0.15) is 11.6 Å². The first kappa shape index (κ1) is 12.9. The number of hydrogen-bond acceptors (Lipinski definition) is 3. The minimum atomic E-state index is -0.252. The van der Waals surface area contributed by atoms with Gasteiger partial charge in [0.05, 0.1) is 6.61 Å². The standard InChI is InChI=1S/C12H18FNO2/c13-11-3-5-12(6-4-11)16-10-2-9-15-8-1-7-14/h3-6H,1-2,7-10,14H2. The Morgan fingerprint density at radius 1 is 1.00 bits per heavy atom. The molecule has 0 amide bonds. The fraction of sp³-hybridized carbons (Fsp3) is 0.500. The van der Waals surface area contributed by atoms with E-state index in [2.05, 4.69) is 0 Å². The summed E-state index contributed by atoms with van der Waals surface area (Å²) in [5, 5.41) is 0. The maximum absolute atomic E-state index is 12.6. The van der Waals surface area contributed by atoms with E-state index in [0.717, 1.165) is 12.8 Å². The lowest BCUT2D eigenvalue weighted by atomic mass is 10.3. The second-order valence-electron chi connectivity index (χ2n) is 3.41. The molecule has 1 aromatic carbocycles. The van der Waals surface area contributed by atoms with Crippen molar-refractivity contribution in [3.63, 3.8) is 0 Å². The van der Waals surface area contributed by atoms with Crippen LogP contribution < -0.4 is 10.5 Å². The van der Waals surface area contributed by atoms with Crippen LogP contribution in [0.1, 0.15) is 12.8 Å². The van der Waals surface area contributed by atoms with Crippen molar-refractivity contribution in [1.82, 2.24) is 0 Å².